The van der Waals surface area contributed by atoms with Gasteiger partial charge in [-0.2, -0.15) is 0 Å². The SMILES string of the molecule is CCn1c(CN(C)C(=O)C(c2ccccc2)N2CCS(=O)(=O)CC2)nc2ccccc21. The number of para-hydroxylation sites is 2. The molecule has 1 saturated heterocycles. The van der Waals surface area contributed by atoms with Crippen LogP contribution >= 0.6 is 0 Å². The van der Waals surface area contributed by atoms with Gasteiger partial charge in [0.15, 0.2) is 9.84 Å². The fourth-order valence-corrected chi connectivity index (χ4v) is 5.46. The lowest BCUT2D eigenvalue weighted by Crippen LogP contribution is -2.48. The van der Waals surface area contributed by atoms with Crippen LogP contribution < -0.4 is 0 Å². The van der Waals surface area contributed by atoms with Gasteiger partial charge in [-0.25, -0.2) is 13.4 Å². The first kappa shape index (κ1) is 21.5. The van der Waals surface area contributed by atoms with Crippen LogP contribution in [0.15, 0.2) is 54.6 Å². The standard InChI is InChI=1S/C23H28N4O3S/c1-3-27-20-12-8-7-11-19(20)24-21(27)17-25(2)23(28)22(18-9-5-4-6-10-18)26-13-15-31(29,30)16-14-26/h4-12,22H,3,13-17H2,1-2H3. The van der Waals surface area contributed by atoms with Crippen LogP contribution in [0.3, 0.4) is 0 Å². The van der Waals surface area contributed by atoms with Crippen LogP contribution in [0.2, 0.25) is 0 Å². The molecular weight excluding hydrogens is 412 g/mol. The minimum atomic E-state index is -3.03. The molecule has 1 atom stereocenters. The molecule has 2 heterocycles. The van der Waals surface area contributed by atoms with Crippen molar-refractivity contribution in [3.63, 3.8) is 0 Å². The maximum absolute atomic E-state index is 13.6. The average molecular weight is 441 g/mol. The van der Waals surface area contributed by atoms with E-state index in [0.29, 0.717) is 19.6 Å². The molecule has 0 N–H and O–H groups in total. The second-order valence-corrected chi connectivity index (χ2v) is 10.3. The normalized spacial score (nSPS) is 17.5. The van der Waals surface area contributed by atoms with Crippen molar-refractivity contribution in [1.82, 2.24) is 19.4 Å². The highest BCUT2D eigenvalue weighted by Gasteiger charge is 2.34. The van der Waals surface area contributed by atoms with Crippen LogP contribution in [-0.4, -0.2) is 65.3 Å². The topological polar surface area (TPSA) is 75.5 Å². The van der Waals surface area contributed by atoms with E-state index in [9.17, 15) is 13.2 Å². The van der Waals surface area contributed by atoms with E-state index in [4.69, 9.17) is 4.98 Å². The van der Waals surface area contributed by atoms with E-state index in [2.05, 4.69) is 11.5 Å². The van der Waals surface area contributed by atoms with E-state index in [1.54, 1.807) is 11.9 Å². The zero-order chi connectivity index (χ0) is 22.0. The molecule has 1 unspecified atom stereocenters. The lowest BCUT2D eigenvalue weighted by atomic mass is 10.0. The van der Waals surface area contributed by atoms with Gasteiger partial charge in [0, 0.05) is 26.7 Å². The number of rotatable bonds is 6. The molecule has 7 nitrogen and oxygen atoms in total. The third kappa shape index (κ3) is 4.50. The largest absolute Gasteiger partial charge is 0.337 e. The molecule has 2 aromatic carbocycles. The fourth-order valence-electron chi connectivity index (χ4n) is 4.23. The molecule has 0 saturated carbocycles. The number of aryl methyl sites for hydroxylation is 1. The van der Waals surface area contributed by atoms with E-state index in [1.807, 2.05) is 59.5 Å². The van der Waals surface area contributed by atoms with E-state index in [1.165, 1.54) is 0 Å². The van der Waals surface area contributed by atoms with Gasteiger partial charge in [0.05, 0.1) is 29.1 Å². The highest BCUT2D eigenvalue weighted by atomic mass is 32.2. The Hall–Kier alpha value is -2.71. The fraction of sp³-hybridized carbons (Fsp3) is 0.391. The molecule has 0 spiro atoms. The first-order chi connectivity index (χ1) is 14.9. The van der Waals surface area contributed by atoms with Crippen molar-refractivity contribution in [3.05, 3.63) is 66.0 Å². The second-order valence-electron chi connectivity index (χ2n) is 7.96. The quantitative estimate of drug-likeness (QED) is 0.589. The van der Waals surface area contributed by atoms with Crippen molar-refractivity contribution in [2.24, 2.45) is 0 Å². The average Bonchev–Trinajstić information content (AvgIpc) is 3.12. The van der Waals surface area contributed by atoms with E-state index >= 15 is 0 Å². The predicted molar refractivity (Wildman–Crippen MR) is 121 cm³/mol. The van der Waals surface area contributed by atoms with Crippen LogP contribution in [0.5, 0.6) is 0 Å². The number of amides is 1. The zero-order valence-electron chi connectivity index (χ0n) is 17.9. The van der Waals surface area contributed by atoms with E-state index in [0.717, 1.165) is 29.0 Å². The van der Waals surface area contributed by atoms with Gasteiger partial charge < -0.3 is 9.47 Å². The van der Waals surface area contributed by atoms with Crippen LogP contribution in [-0.2, 0) is 27.7 Å². The minimum Gasteiger partial charge on any atom is -0.337 e. The molecule has 1 amide bonds. The number of carbonyl (C=O) groups excluding carboxylic acids is 1. The summed E-state index contributed by atoms with van der Waals surface area (Å²) in [5.74, 6) is 0.950. The summed E-state index contributed by atoms with van der Waals surface area (Å²) in [4.78, 5) is 22.1. The van der Waals surface area contributed by atoms with E-state index in [-0.39, 0.29) is 17.4 Å². The molecule has 8 heteroatoms. The number of benzene rings is 2. The molecule has 0 bridgehead atoms. The maximum Gasteiger partial charge on any atom is 0.244 e. The van der Waals surface area contributed by atoms with Gasteiger partial charge in [0.2, 0.25) is 5.91 Å². The number of sulfone groups is 1. The highest BCUT2D eigenvalue weighted by molar-refractivity contribution is 7.91. The van der Waals surface area contributed by atoms with Crippen LogP contribution in [0.1, 0.15) is 24.4 Å². The number of nitrogens with zero attached hydrogens (tertiary/aromatic N) is 4. The smallest absolute Gasteiger partial charge is 0.244 e. The Morgan fingerprint density at radius 1 is 1.06 bits per heavy atom. The summed E-state index contributed by atoms with van der Waals surface area (Å²) in [6, 6.07) is 17.1. The number of carbonyl (C=O) groups is 1. The van der Waals surface area contributed by atoms with Gasteiger partial charge in [-0.1, -0.05) is 42.5 Å². The third-order valence-electron chi connectivity index (χ3n) is 5.90. The molecule has 1 aliphatic rings. The number of fused-ring (bicyclic) bond motifs is 1. The summed E-state index contributed by atoms with van der Waals surface area (Å²) in [5, 5.41) is 0. The first-order valence-electron chi connectivity index (χ1n) is 10.6. The first-order valence-corrected chi connectivity index (χ1v) is 12.4. The molecule has 164 valence electrons. The van der Waals surface area contributed by atoms with Gasteiger partial charge >= 0.3 is 0 Å². The Morgan fingerprint density at radius 3 is 2.39 bits per heavy atom. The molecule has 0 radical (unpaired) electrons. The van der Waals surface area contributed by atoms with Crippen LogP contribution in [0.25, 0.3) is 11.0 Å². The maximum atomic E-state index is 13.6. The number of likely N-dealkylation sites (N-methyl/N-ethyl adjacent to an activating group) is 1. The molecular formula is C23H28N4O3S. The highest BCUT2D eigenvalue weighted by Crippen LogP contribution is 2.26. The molecule has 1 aliphatic heterocycles. The molecule has 31 heavy (non-hydrogen) atoms. The lowest BCUT2D eigenvalue weighted by Gasteiger charge is -2.35. The van der Waals surface area contributed by atoms with Crippen molar-refractivity contribution in [3.8, 4) is 0 Å². The Kier molecular flexibility index (Phi) is 6.11. The summed E-state index contributed by atoms with van der Waals surface area (Å²) in [7, 11) is -1.24. The summed E-state index contributed by atoms with van der Waals surface area (Å²) >= 11 is 0. The predicted octanol–water partition coefficient (Wildman–Crippen LogP) is 2.49. The molecule has 1 fully saturated rings. The lowest BCUT2D eigenvalue weighted by molar-refractivity contribution is -0.136. The summed E-state index contributed by atoms with van der Waals surface area (Å²) in [6.07, 6.45) is 0. The molecule has 0 aliphatic carbocycles. The van der Waals surface area contributed by atoms with Crippen molar-refractivity contribution in [1.29, 1.82) is 0 Å². The van der Waals surface area contributed by atoms with Gasteiger partial charge in [0.1, 0.15) is 11.9 Å². The summed E-state index contributed by atoms with van der Waals surface area (Å²) < 4.78 is 26.0. The van der Waals surface area contributed by atoms with Gasteiger partial charge in [-0.05, 0) is 24.6 Å². The number of imidazole rings is 1. The number of hydrogen-bond donors (Lipinski definition) is 0. The van der Waals surface area contributed by atoms with Crippen molar-refractivity contribution < 1.29 is 13.2 Å². The van der Waals surface area contributed by atoms with Crippen LogP contribution in [0.4, 0.5) is 0 Å². The Morgan fingerprint density at radius 2 is 1.71 bits per heavy atom. The Balaban J connectivity index is 1.61. The van der Waals surface area contributed by atoms with Crippen molar-refractivity contribution in [2.75, 3.05) is 31.6 Å². The molecule has 4 rings (SSSR count). The zero-order valence-corrected chi connectivity index (χ0v) is 18.8. The van der Waals surface area contributed by atoms with Gasteiger partial charge in [-0.3, -0.25) is 9.69 Å². The monoisotopic (exact) mass is 440 g/mol. The summed E-state index contributed by atoms with van der Waals surface area (Å²) in [5.41, 5.74) is 2.85. The number of aromatic nitrogens is 2. The Bertz CT molecular complexity index is 1160. The Labute approximate surface area is 183 Å². The molecule has 3 aromatic rings. The van der Waals surface area contributed by atoms with Crippen LogP contribution in [0, 0.1) is 0 Å². The van der Waals surface area contributed by atoms with Crippen molar-refractivity contribution in [2.45, 2.75) is 26.1 Å². The summed E-state index contributed by atoms with van der Waals surface area (Å²) in [6.45, 7) is 3.94. The van der Waals surface area contributed by atoms with E-state index < -0.39 is 15.9 Å². The van der Waals surface area contributed by atoms with Gasteiger partial charge in [0.25, 0.3) is 0 Å². The van der Waals surface area contributed by atoms with Crippen molar-refractivity contribution >= 4 is 26.8 Å². The minimum absolute atomic E-state index is 0.0554. The van der Waals surface area contributed by atoms with Gasteiger partial charge in [-0.15, -0.1) is 0 Å². The number of hydrogen-bond acceptors (Lipinski definition) is 5. The third-order valence-corrected chi connectivity index (χ3v) is 7.51. The molecule has 1 aromatic heterocycles. The second kappa shape index (κ2) is 8.80.